The van der Waals surface area contributed by atoms with Crippen LogP contribution in [-0.2, 0) is 14.4 Å². The number of hydrogen-bond acceptors (Lipinski definition) is 9. The Balaban J connectivity index is -0.0000000865. The van der Waals surface area contributed by atoms with Gasteiger partial charge in [0.1, 0.15) is 0 Å². The molecule has 0 spiro atoms. The van der Waals surface area contributed by atoms with Gasteiger partial charge in [0.15, 0.2) is 0 Å². The van der Waals surface area contributed by atoms with Crippen LogP contribution in [0.5, 0.6) is 0 Å². The molecule has 3 N–H and O–H groups in total. The smallest absolute Gasteiger partial charge is 0.0905 e. The maximum Gasteiger partial charge on any atom is 0.0905 e. The van der Waals surface area contributed by atoms with Gasteiger partial charge in [-0.15, -0.1) is 0 Å². The molecule has 3 atom stereocenters. The Hall–Kier alpha value is -1.18. The Morgan fingerprint density at radius 2 is 0.737 bits per heavy atom. The Labute approximate surface area is 120 Å². The fourth-order valence-electron chi connectivity index (χ4n) is 0. The second-order valence-electron chi connectivity index (χ2n) is 2.99. The first-order chi connectivity index (χ1) is 7.93. The van der Waals surface area contributed by atoms with Crippen molar-refractivity contribution in [2.75, 3.05) is 0 Å². The summed E-state index contributed by atoms with van der Waals surface area (Å²) in [6.45, 7) is 3.40. The monoisotopic (exact) mass is 294 g/mol. The average molecular weight is 294 g/mol. The molecule has 9 nitrogen and oxygen atoms in total. The van der Waals surface area contributed by atoms with Crippen molar-refractivity contribution >= 4 is 35.3 Å². The van der Waals surface area contributed by atoms with E-state index in [9.17, 15) is 29.7 Å². The highest BCUT2D eigenvalue weighted by Crippen LogP contribution is 1.70. The molecule has 0 aliphatic heterocycles. The molecule has 0 aromatic rings. The van der Waals surface area contributed by atoms with E-state index in [2.05, 4.69) is 0 Å². The van der Waals surface area contributed by atoms with Gasteiger partial charge in [0, 0.05) is 17.4 Å². The predicted octanol–water partition coefficient (Wildman–Crippen LogP) is -6.03. The van der Waals surface area contributed by atoms with E-state index in [1.807, 2.05) is 0 Å². The van der Waals surface area contributed by atoms with E-state index < -0.39 is 36.2 Å². The number of carboxylic acids is 3. The molecule has 3 radical (unpaired) electrons. The SMILES string of the molecule is CC(O)C(=O)[O-].CC(O)C(=O)[O-].CC(O)C(=O)[O-].[Al]. The molecule has 19 heavy (non-hydrogen) atoms. The highest BCUT2D eigenvalue weighted by Gasteiger charge is 1.90. The zero-order valence-corrected chi connectivity index (χ0v) is 11.8. The predicted molar refractivity (Wildman–Crippen MR) is 55.8 cm³/mol. The Bertz CT molecular complexity index is 220. The van der Waals surface area contributed by atoms with Crippen LogP contribution >= 0.6 is 0 Å². The van der Waals surface area contributed by atoms with Crippen molar-refractivity contribution in [3.05, 3.63) is 0 Å². The number of aliphatic hydroxyl groups is 3. The minimum Gasteiger partial charge on any atom is -0.547 e. The first-order valence-electron chi connectivity index (χ1n) is 4.60. The van der Waals surface area contributed by atoms with E-state index in [0.717, 1.165) is 20.8 Å². The zero-order valence-electron chi connectivity index (χ0n) is 10.6. The molecule has 0 aromatic carbocycles. The van der Waals surface area contributed by atoms with Gasteiger partial charge in [-0.05, 0) is 20.8 Å². The number of aliphatic hydroxyl groups excluding tert-OH is 3. The first kappa shape index (κ1) is 26.4. The van der Waals surface area contributed by atoms with Crippen LogP contribution in [0.1, 0.15) is 20.8 Å². The minimum absolute atomic E-state index is 0. The van der Waals surface area contributed by atoms with Crippen molar-refractivity contribution in [2.24, 2.45) is 0 Å². The number of hydrogen-bond donors (Lipinski definition) is 3. The number of carboxylic acid groups (broad SMARTS) is 3. The summed E-state index contributed by atoms with van der Waals surface area (Å²) < 4.78 is 0. The molecule has 0 amide bonds. The molecule has 0 bridgehead atoms. The second kappa shape index (κ2) is 14.9. The zero-order chi connectivity index (χ0) is 15.5. The van der Waals surface area contributed by atoms with E-state index in [1.54, 1.807) is 0 Å². The van der Waals surface area contributed by atoms with Gasteiger partial charge in [-0.2, -0.15) is 0 Å². The van der Waals surface area contributed by atoms with Crippen LogP contribution in [-0.4, -0.2) is 68.9 Å². The van der Waals surface area contributed by atoms with Gasteiger partial charge in [0.25, 0.3) is 0 Å². The van der Waals surface area contributed by atoms with Crippen LogP contribution in [0.25, 0.3) is 0 Å². The third-order valence-electron chi connectivity index (χ3n) is 1.02. The van der Waals surface area contributed by atoms with E-state index in [4.69, 9.17) is 15.3 Å². The van der Waals surface area contributed by atoms with Crippen LogP contribution in [0.2, 0.25) is 0 Å². The van der Waals surface area contributed by atoms with Crippen LogP contribution in [0.15, 0.2) is 0 Å². The van der Waals surface area contributed by atoms with Crippen LogP contribution in [0.4, 0.5) is 0 Å². The molecule has 3 unspecified atom stereocenters. The summed E-state index contributed by atoms with van der Waals surface area (Å²) in [5, 5.41) is 51.9. The Morgan fingerprint density at radius 3 is 0.737 bits per heavy atom. The van der Waals surface area contributed by atoms with Crippen molar-refractivity contribution in [3.63, 3.8) is 0 Å². The second-order valence-corrected chi connectivity index (χ2v) is 2.99. The van der Waals surface area contributed by atoms with Gasteiger partial charge in [-0.25, -0.2) is 0 Å². The molecular weight excluding hydrogens is 279 g/mol. The summed E-state index contributed by atoms with van der Waals surface area (Å²) in [6.07, 6.45) is -4.03. The van der Waals surface area contributed by atoms with Crippen molar-refractivity contribution in [1.82, 2.24) is 0 Å². The lowest BCUT2D eigenvalue weighted by molar-refractivity contribution is -0.315. The molecule has 0 rings (SSSR count). The van der Waals surface area contributed by atoms with Gasteiger partial charge in [-0.3, -0.25) is 0 Å². The van der Waals surface area contributed by atoms with Crippen LogP contribution in [0, 0.1) is 0 Å². The number of carbonyl (C=O) groups excluding carboxylic acids is 3. The van der Waals surface area contributed by atoms with E-state index in [-0.39, 0.29) is 17.4 Å². The van der Waals surface area contributed by atoms with Crippen molar-refractivity contribution in [1.29, 1.82) is 0 Å². The average Bonchev–Trinajstić information content (AvgIpc) is 2.18. The number of aliphatic carboxylic acids is 3. The summed E-state index contributed by atoms with van der Waals surface area (Å²) in [5.74, 6) is -4.31. The summed E-state index contributed by atoms with van der Waals surface area (Å²) >= 11 is 0. The molecular formula is C9H15AlO9-3. The van der Waals surface area contributed by atoms with Gasteiger partial charge in [0.2, 0.25) is 0 Å². The van der Waals surface area contributed by atoms with Crippen molar-refractivity contribution in [3.8, 4) is 0 Å². The molecule has 111 valence electrons. The Morgan fingerprint density at radius 1 is 0.684 bits per heavy atom. The highest BCUT2D eigenvalue weighted by molar-refractivity contribution is 5.75. The third-order valence-corrected chi connectivity index (χ3v) is 1.02. The maximum atomic E-state index is 9.34. The topological polar surface area (TPSA) is 181 Å². The normalized spacial score (nSPS) is 12.9. The van der Waals surface area contributed by atoms with Crippen molar-refractivity contribution < 1.29 is 45.0 Å². The number of carbonyl (C=O) groups is 3. The molecule has 10 heteroatoms. The third kappa shape index (κ3) is 31.6. The molecule has 0 aliphatic carbocycles. The standard InChI is InChI=1S/3C3H6O3.Al/c3*1-2(4)3(5)6;/h3*2,4H,1H3,(H,5,6);/p-3. The lowest BCUT2D eigenvalue weighted by Crippen LogP contribution is -2.32. The van der Waals surface area contributed by atoms with Gasteiger partial charge < -0.3 is 45.0 Å². The summed E-state index contributed by atoms with van der Waals surface area (Å²) in [6, 6.07) is 0. The molecule has 0 aromatic heterocycles. The molecule has 0 heterocycles. The first-order valence-corrected chi connectivity index (χ1v) is 4.60. The lowest BCUT2D eigenvalue weighted by atomic mass is 10.4. The maximum absolute atomic E-state index is 9.34. The molecule has 0 aliphatic rings. The summed E-state index contributed by atoms with van der Waals surface area (Å²) in [7, 11) is 0. The Kier molecular flexibility index (Phi) is 20.7. The van der Waals surface area contributed by atoms with Gasteiger partial charge in [-0.1, -0.05) is 0 Å². The van der Waals surface area contributed by atoms with Crippen LogP contribution in [0.3, 0.4) is 0 Å². The van der Waals surface area contributed by atoms with E-state index in [0.29, 0.717) is 0 Å². The van der Waals surface area contributed by atoms with Gasteiger partial charge in [0.05, 0.1) is 36.2 Å². The molecule has 0 saturated heterocycles. The van der Waals surface area contributed by atoms with Gasteiger partial charge >= 0.3 is 0 Å². The molecule has 0 fully saturated rings. The van der Waals surface area contributed by atoms with E-state index in [1.165, 1.54) is 0 Å². The number of rotatable bonds is 3. The van der Waals surface area contributed by atoms with Crippen molar-refractivity contribution in [2.45, 2.75) is 39.1 Å². The fourth-order valence-corrected chi connectivity index (χ4v) is 0. The highest BCUT2D eigenvalue weighted by atomic mass is 27.0. The summed E-state index contributed by atoms with van der Waals surface area (Å²) in [4.78, 5) is 28.0. The summed E-state index contributed by atoms with van der Waals surface area (Å²) in [5.41, 5.74) is 0. The van der Waals surface area contributed by atoms with Crippen LogP contribution < -0.4 is 15.3 Å². The minimum atomic E-state index is -1.44. The lowest BCUT2D eigenvalue weighted by Gasteiger charge is -2.00. The van der Waals surface area contributed by atoms with E-state index >= 15 is 0 Å². The fraction of sp³-hybridized carbons (Fsp3) is 0.667. The molecule has 0 saturated carbocycles. The quantitative estimate of drug-likeness (QED) is 0.426. The largest absolute Gasteiger partial charge is 0.547 e.